The standard InChI is InChI=1S/C82H137NO31P2/c1-47(2)23-14-24-48(3)25-15-26-49(4)27-16-28-50(5)29-17-30-51(6)31-18-32-52(7)33-19-34-53(8)35-20-36-54(9)37-21-38-55(10)39-22-40-56(11)41-42-104-115(99,100)114-116(101,102)113-78-63(83-58(13)87)64(90)76(61(44-85)106-78)111-80-70(96)65(91)73(57(12)105-80)108-82-72(98)68(94)77(112-82)62(45-86)107-81-71(97)67(93)75(110-81)60(89)46-103-79-69(95)66(92)74(109-79)59(88)43-84/h23,25,27,29,31,33,35,37,39,41,57,59-82,84-86,88-98H,14-22,24,26,28,30,32,34,36,38,40,42-46H2,1-13H3,(H,83,87)(H,99,100)(H,101,102)/b48-25+,49-27-,50-29-,51-31-,52-33-,53-35-,54-37-,55-39-,56-41-/t57-,59+,60+,61+,62+,63+,64+,65-,66+,67+,68+,69+,70+,71+,72+,73-,74?,75?,76+,77?,78-,79+,80-,81+,82+/m0/s1. The van der Waals surface area contributed by atoms with Gasteiger partial charge in [-0.3, -0.25) is 13.8 Å². The Labute approximate surface area is 683 Å². The molecule has 5 heterocycles. The van der Waals surface area contributed by atoms with E-state index in [0.717, 1.165) is 115 Å². The lowest BCUT2D eigenvalue weighted by Crippen LogP contribution is -2.67. The van der Waals surface area contributed by atoms with Gasteiger partial charge < -0.3 is 129 Å². The van der Waals surface area contributed by atoms with Crippen molar-refractivity contribution in [3.05, 3.63) is 116 Å². The summed E-state index contributed by atoms with van der Waals surface area (Å²) in [7, 11) is -11.1. The van der Waals surface area contributed by atoms with Crippen molar-refractivity contribution in [2.45, 2.75) is 359 Å². The molecular weight excluding hydrogens is 1560 g/mol. The van der Waals surface area contributed by atoms with Gasteiger partial charge in [0.1, 0.15) is 116 Å². The number of hydrogen-bond donors (Lipinski definition) is 17. The molecule has 5 saturated heterocycles. The summed E-state index contributed by atoms with van der Waals surface area (Å²) in [5.41, 5.74) is 13.4. The average Bonchev–Trinajstić information content (AvgIpc) is 1.19. The van der Waals surface area contributed by atoms with Crippen LogP contribution < -0.4 is 5.32 Å². The van der Waals surface area contributed by atoms with Gasteiger partial charge >= 0.3 is 15.6 Å². The molecule has 5 fully saturated rings. The minimum absolute atomic E-state index is 0.533. The van der Waals surface area contributed by atoms with E-state index >= 15 is 0 Å². The first-order valence-electron chi connectivity index (χ1n) is 40.4. The number of rotatable bonds is 50. The van der Waals surface area contributed by atoms with Gasteiger partial charge in [-0.05, 0) is 199 Å². The number of hydrogen-bond acceptors (Lipinski definition) is 29. The van der Waals surface area contributed by atoms with Gasteiger partial charge in [0.15, 0.2) is 31.5 Å². The molecule has 5 unspecified atom stereocenters. The van der Waals surface area contributed by atoms with Crippen LogP contribution in [0.4, 0.5) is 0 Å². The van der Waals surface area contributed by atoms with Crippen LogP contribution in [0.15, 0.2) is 116 Å². The van der Waals surface area contributed by atoms with Crippen molar-refractivity contribution in [2.24, 2.45) is 0 Å². The van der Waals surface area contributed by atoms with Crippen LogP contribution in [0.5, 0.6) is 0 Å². The number of aliphatic hydroxyl groups excluding tert-OH is 14. The maximum atomic E-state index is 13.4. The third-order valence-corrected chi connectivity index (χ3v) is 23.6. The van der Waals surface area contributed by atoms with Crippen molar-refractivity contribution < 1.29 is 151 Å². The lowest BCUT2D eigenvalue weighted by atomic mass is 9.95. The molecule has 116 heavy (non-hydrogen) atoms. The highest BCUT2D eigenvalue weighted by Crippen LogP contribution is 2.61. The average molecular weight is 1690 g/mol. The van der Waals surface area contributed by atoms with Crippen LogP contribution in [-0.4, -0.2) is 274 Å². The number of carbonyl (C=O) groups is 1. The fourth-order valence-electron chi connectivity index (χ4n) is 13.9. The molecule has 34 heteroatoms. The van der Waals surface area contributed by atoms with Gasteiger partial charge in [-0.1, -0.05) is 116 Å². The number of ether oxygens (including phenoxy) is 9. The molecular formula is C82H137NO31P2. The zero-order valence-corrected chi connectivity index (χ0v) is 71.4. The number of phosphoric acid groups is 2. The Kier molecular flexibility index (Phi) is 45.5. The predicted octanol–water partition coefficient (Wildman–Crippen LogP) is 7.01. The molecule has 0 aromatic carbocycles. The second kappa shape index (κ2) is 51.3. The largest absolute Gasteiger partial charge is 0.483 e. The highest BCUT2D eigenvalue weighted by atomic mass is 31.3. The van der Waals surface area contributed by atoms with Crippen molar-refractivity contribution in [1.82, 2.24) is 5.32 Å². The first-order valence-corrected chi connectivity index (χ1v) is 43.4. The number of carbonyl (C=O) groups excluding carboxylic acids is 1. The van der Waals surface area contributed by atoms with E-state index in [4.69, 9.17) is 51.7 Å². The Bertz CT molecular complexity index is 3410. The number of allylic oxidation sites excluding steroid dienone is 19. The normalized spacial score (nSPS) is 33.0. The van der Waals surface area contributed by atoms with E-state index in [1.807, 2.05) is 0 Å². The molecule has 0 radical (unpaired) electrons. The topological polar surface area (TPSA) is 498 Å². The van der Waals surface area contributed by atoms with Crippen LogP contribution in [0, 0.1) is 0 Å². The molecule has 0 aromatic heterocycles. The molecule has 0 spiro atoms. The van der Waals surface area contributed by atoms with Crippen LogP contribution in [0.25, 0.3) is 0 Å². The van der Waals surface area contributed by atoms with E-state index in [1.54, 1.807) is 6.92 Å². The molecule has 0 aliphatic carbocycles. The highest BCUT2D eigenvalue weighted by Gasteiger charge is 2.57. The van der Waals surface area contributed by atoms with Crippen LogP contribution in [0.2, 0.25) is 0 Å². The SMILES string of the molecule is CC(=O)N[C@H]1[C@H](OP(=O)(O)OP(=O)(O)OC/C=C(/C)CC/C=C(/C)CC/C=C(/C)CC/C=C(/C)CC/C=C(/C)CC/C=C(/C)CC/C=C(/C)CC/C=C(/C)CC/C=C(\C)CCC=C(C)C)O[C@H](CO)[C@@H](O[C@@H]2O[C@@H](C)[C@H](O[C@@H]3OC([C@@H](CO)O[C@@H]4OC([C@H](O)CO[C@@H]5OC([C@H](O)CO)[C@H](O)[C@H]5O)[C@H](O)[C@H]4O)[C@H](O)[C@H]3O)[C@@H](O)[C@H]2O)[C@@H]1O. The molecule has 0 aromatic rings. The second-order valence-electron chi connectivity index (χ2n) is 31.7. The fraction of sp³-hybridized carbons (Fsp3) is 0.744. The highest BCUT2D eigenvalue weighted by molar-refractivity contribution is 7.61. The third-order valence-electron chi connectivity index (χ3n) is 21.0. The van der Waals surface area contributed by atoms with E-state index < -0.39 is 208 Å². The Morgan fingerprint density at radius 3 is 1.21 bits per heavy atom. The summed E-state index contributed by atoms with van der Waals surface area (Å²) < 4.78 is 91.5. The molecule has 5 aliphatic rings. The minimum atomic E-state index is -5.74. The summed E-state index contributed by atoms with van der Waals surface area (Å²) in [6.45, 7) is 21.8. The molecule has 32 nitrogen and oxygen atoms in total. The van der Waals surface area contributed by atoms with E-state index in [1.165, 1.54) is 63.2 Å². The number of amides is 1. The molecule has 27 atom stereocenters. The summed E-state index contributed by atoms with van der Waals surface area (Å²) in [4.78, 5) is 33.8. The quantitative estimate of drug-likeness (QED) is 0.0215. The molecule has 5 rings (SSSR count). The summed E-state index contributed by atoms with van der Waals surface area (Å²) in [5.74, 6) is -0.885. The monoisotopic (exact) mass is 1690 g/mol. The summed E-state index contributed by atoms with van der Waals surface area (Å²) >= 11 is 0. The molecule has 666 valence electrons. The molecule has 17 N–H and O–H groups in total. The van der Waals surface area contributed by atoms with E-state index in [2.05, 4.69) is 134 Å². The van der Waals surface area contributed by atoms with Crippen LogP contribution in [-0.2, 0) is 69.9 Å². The predicted molar refractivity (Wildman–Crippen MR) is 429 cm³/mol. The Morgan fingerprint density at radius 2 is 0.784 bits per heavy atom. The van der Waals surface area contributed by atoms with Gasteiger partial charge in [-0.2, -0.15) is 4.31 Å². The van der Waals surface area contributed by atoms with Gasteiger partial charge in [-0.25, -0.2) is 9.13 Å². The number of nitrogens with one attached hydrogen (secondary N) is 1. The lowest BCUT2D eigenvalue weighted by molar-refractivity contribution is -0.354. The zero-order chi connectivity index (χ0) is 86.3. The maximum Gasteiger partial charge on any atom is 0.483 e. The summed E-state index contributed by atoms with van der Waals surface area (Å²) in [5, 5.41) is 152. The minimum Gasteiger partial charge on any atom is -0.394 e. The smallest absolute Gasteiger partial charge is 0.394 e. The summed E-state index contributed by atoms with van der Waals surface area (Å²) in [6.07, 6.45) is -2.90. The maximum absolute atomic E-state index is 13.4. The lowest BCUT2D eigenvalue weighted by Gasteiger charge is -2.47. The second-order valence-corrected chi connectivity index (χ2v) is 34.7. The third kappa shape index (κ3) is 34.5. The van der Waals surface area contributed by atoms with Crippen molar-refractivity contribution in [3.8, 4) is 0 Å². The van der Waals surface area contributed by atoms with Crippen molar-refractivity contribution in [2.75, 3.05) is 33.0 Å². The first kappa shape index (κ1) is 103. The van der Waals surface area contributed by atoms with Crippen LogP contribution in [0.1, 0.15) is 206 Å². The molecule has 0 saturated carbocycles. The van der Waals surface area contributed by atoms with Crippen molar-refractivity contribution in [3.63, 3.8) is 0 Å². The Hall–Kier alpha value is -3.79. The molecule has 5 aliphatic heterocycles. The zero-order valence-electron chi connectivity index (χ0n) is 69.6. The van der Waals surface area contributed by atoms with Crippen molar-refractivity contribution in [1.29, 1.82) is 0 Å². The van der Waals surface area contributed by atoms with Gasteiger partial charge in [0.25, 0.3) is 0 Å². The first-order chi connectivity index (χ1) is 54.7. The van der Waals surface area contributed by atoms with Gasteiger partial charge in [0, 0.05) is 6.92 Å². The van der Waals surface area contributed by atoms with Gasteiger partial charge in [0.2, 0.25) is 5.91 Å². The number of aliphatic hydroxyl groups is 14. The Morgan fingerprint density at radius 1 is 0.414 bits per heavy atom. The number of phosphoric ester groups is 2. The summed E-state index contributed by atoms with van der Waals surface area (Å²) in [6, 6.07) is -1.89. The van der Waals surface area contributed by atoms with E-state index in [0.29, 0.717) is 12.8 Å². The van der Waals surface area contributed by atoms with Gasteiger partial charge in [-0.15, -0.1) is 0 Å². The van der Waals surface area contributed by atoms with Gasteiger partial charge in [0.05, 0.1) is 39.1 Å². The van der Waals surface area contributed by atoms with E-state index in [-0.39, 0.29) is 0 Å². The van der Waals surface area contributed by atoms with Crippen molar-refractivity contribution >= 4 is 21.6 Å². The fourth-order valence-corrected chi connectivity index (χ4v) is 16.0. The van der Waals surface area contributed by atoms with Crippen LogP contribution >= 0.6 is 15.6 Å². The molecule has 1 amide bonds. The van der Waals surface area contributed by atoms with E-state index in [9.17, 15) is 95.2 Å². The Balaban J connectivity index is 0.990. The van der Waals surface area contributed by atoms with Crippen LogP contribution in [0.3, 0.4) is 0 Å². The molecule has 0 bridgehead atoms.